The summed E-state index contributed by atoms with van der Waals surface area (Å²) in [7, 11) is 0. The van der Waals surface area contributed by atoms with E-state index in [2.05, 4.69) is 17.1 Å². The number of nitrogens with zero attached hydrogens (tertiary/aromatic N) is 2. The molecule has 0 spiro atoms. The topological polar surface area (TPSA) is 67.6 Å². The first kappa shape index (κ1) is 15.0. The monoisotopic (exact) mass is 299 g/mol. The number of benzene rings is 1. The molecule has 1 fully saturated rings. The van der Waals surface area contributed by atoms with Gasteiger partial charge in [-0.1, -0.05) is 24.6 Å². The van der Waals surface area contributed by atoms with E-state index in [-0.39, 0.29) is 11.8 Å². The Morgan fingerprint density at radius 2 is 2.40 bits per heavy atom. The van der Waals surface area contributed by atoms with E-state index in [0.29, 0.717) is 23.9 Å². The Hall–Kier alpha value is -1.37. The Morgan fingerprint density at radius 1 is 1.60 bits per heavy atom. The zero-order valence-electron chi connectivity index (χ0n) is 11.3. The molecule has 6 nitrogen and oxygen atoms in total. The van der Waals surface area contributed by atoms with Crippen LogP contribution in [0.25, 0.3) is 0 Å². The third-order valence-electron chi connectivity index (χ3n) is 3.36. The normalized spacial score (nSPS) is 19.8. The van der Waals surface area contributed by atoms with Gasteiger partial charge in [0.2, 0.25) is 0 Å². The molecule has 0 radical (unpaired) electrons. The lowest BCUT2D eigenvalue weighted by molar-refractivity contribution is -0.383. The molecular formula is C13H18ClN3O3. The molecule has 0 saturated carbocycles. The fraction of sp³-hybridized carbons (Fsp3) is 0.538. The van der Waals surface area contributed by atoms with Gasteiger partial charge in [-0.15, -0.1) is 0 Å². The summed E-state index contributed by atoms with van der Waals surface area (Å²) in [6.45, 7) is 6.02. The van der Waals surface area contributed by atoms with Gasteiger partial charge in [0, 0.05) is 25.7 Å². The van der Waals surface area contributed by atoms with Crippen molar-refractivity contribution in [3.8, 4) is 0 Å². The molecule has 2 rings (SSSR count). The van der Waals surface area contributed by atoms with E-state index in [4.69, 9.17) is 16.3 Å². The predicted octanol–water partition coefficient (Wildman–Crippen LogP) is 2.38. The molecule has 1 aliphatic heterocycles. The van der Waals surface area contributed by atoms with Crippen LogP contribution in [0.15, 0.2) is 18.2 Å². The maximum Gasteiger partial charge on any atom is 0.293 e. The Kier molecular flexibility index (Phi) is 5.17. The summed E-state index contributed by atoms with van der Waals surface area (Å²) >= 11 is 6.03. The summed E-state index contributed by atoms with van der Waals surface area (Å²) in [6, 6.07) is 4.65. The number of para-hydroxylation sites is 1. The minimum Gasteiger partial charge on any atom is -0.376 e. The van der Waals surface area contributed by atoms with Gasteiger partial charge in [-0.05, 0) is 12.6 Å². The number of nitrogens with one attached hydrogen (secondary N) is 1. The second-order valence-electron chi connectivity index (χ2n) is 4.66. The predicted molar refractivity (Wildman–Crippen MR) is 78.5 cm³/mol. The summed E-state index contributed by atoms with van der Waals surface area (Å²) in [5.41, 5.74) is 0.344. The smallest absolute Gasteiger partial charge is 0.293 e. The maximum atomic E-state index is 11.0. The van der Waals surface area contributed by atoms with Gasteiger partial charge in [-0.2, -0.15) is 0 Å². The number of rotatable bonds is 5. The van der Waals surface area contributed by atoms with E-state index >= 15 is 0 Å². The van der Waals surface area contributed by atoms with Gasteiger partial charge in [0.25, 0.3) is 5.69 Å². The number of halogens is 1. The van der Waals surface area contributed by atoms with Gasteiger partial charge < -0.3 is 10.1 Å². The van der Waals surface area contributed by atoms with Crippen LogP contribution in [-0.2, 0) is 4.74 Å². The Labute approximate surface area is 122 Å². The number of hydrogen-bond donors (Lipinski definition) is 1. The van der Waals surface area contributed by atoms with Gasteiger partial charge in [0.05, 0.1) is 22.7 Å². The first-order valence-corrected chi connectivity index (χ1v) is 7.00. The molecule has 1 N–H and O–H groups in total. The third-order valence-corrected chi connectivity index (χ3v) is 3.68. The average molecular weight is 300 g/mol. The highest BCUT2D eigenvalue weighted by atomic mass is 35.5. The van der Waals surface area contributed by atoms with E-state index in [1.54, 1.807) is 12.1 Å². The van der Waals surface area contributed by atoms with Gasteiger partial charge in [0.15, 0.2) is 0 Å². The molecule has 20 heavy (non-hydrogen) atoms. The molecule has 1 heterocycles. The average Bonchev–Trinajstić information content (AvgIpc) is 2.45. The highest BCUT2D eigenvalue weighted by molar-refractivity contribution is 6.33. The van der Waals surface area contributed by atoms with E-state index < -0.39 is 4.92 Å². The van der Waals surface area contributed by atoms with Gasteiger partial charge >= 0.3 is 0 Å². The van der Waals surface area contributed by atoms with Gasteiger partial charge in [-0.3, -0.25) is 15.0 Å². The number of morpholine rings is 1. The van der Waals surface area contributed by atoms with E-state index in [1.807, 2.05) is 0 Å². The van der Waals surface area contributed by atoms with Gasteiger partial charge in [0.1, 0.15) is 5.69 Å². The second-order valence-corrected chi connectivity index (χ2v) is 5.07. The van der Waals surface area contributed by atoms with E-state index in [1.165, 1.54) is 6.07 Å². The standard InChI is InChI=1S/C13H18ClN3O3/c1-2-16-6-7-20-10(9-16)8-15-13-11(14)4-3-5-12(13)17(18)19/h3-5,10,15H,2,6-9H2,1H3. The van der Waals surface area contributed by atoms with Crippen molar-refractivity contribution in [2.75, 3.05) is 38.1 Å². The minimum atomic E-state index is -0.436. The van der Waals surface area contributed by atoms with E-state index in [9.17, 15) is 10.1 Å². The molecule has 0 amide bonds. The molecule has 0 aromatic heterocycles. The molecule has 1 aliphatic rings. The first-order chi connectivity index (χ1) is 9.61. The molecule has 1 atom stereocenters. The van der Waals surface area contributed by atoms with Crippen molar-refractivity contribution in [1.29, 1.82) is 0 Å². The molecule has 110 valence electrons. The van der Waals surface area contributed by atoms with Crippen molar-refractivity contribution >= 4 is 23.0 Å². The quantitative estimate of drug-likeness (QED) is 0.668. The van der Waals surface area contributed by atoms with Crippen LogP contribution >= 0.6 is 11.6 Å². The van der Waals surface area contributed by atoms with Crippen LogP contribution in [0.3, 0.4) is 0 Å². The molecule has 1 aromatic rings. The molecule has 0 bridgehead atoms. The number of nitro benzene ring substituents is 1. The highest BCUT2D eigenvalue weighted by Gasteiger charge is 2.21. The van der Waals surface area contributed by atoms with Crippen molar-refractivity contribution in [2.45, 2.75) is 13.0 Å². The first-order valence-electron chi connectivity index (χ1n) is 6.62. The van der Waals surface area contributed by atoms with Crippen LogP contribution in [0, 0.1) is 10.1 Å². The fourth-order valence-electron chi connectivity index (χ4n) is 2.25. The largest absolute Gasteiger partial charge is 0.376 e. The third kappa shape index (κ3) is 3.59. The van der Waals surface area contributed by atoms with E-state index in [0.717, 1.165) is 19.6 Å². The number of ether oxygens (including phenoxy) is 1. The molecular weight excluding hydrogens is 282 g/mol. The number of hydrogen-bond acceptors (Lipinski definition) is 5. The van der Waals surface area contributed by atoms with Crippen LogP contribution in [0.2, 0.25) is 5.02 Å². The fourth-order valence-corrected chi connectivity index (χ4v) is 2.48. The lowest BCUT2D eigenvalue weighted by Gasteiger charge is -2.32. The van der Waals surface area contributed by atoms with Crippen LogP contribution in [0.4, 0.5) is 11.4 Å². The van der Waals surface area contributed by atoms with Crippen LogP contribution in [0.1, 0.15) is 6.92 Å². The molecule has 1 aromatic carbocycles. The molecule has 1 unspecified atom stereocenters. The number of nitro groups is 1. The zero-order chi connectivity index (χ0) is 14.5. The van der Waals surface area contributed by atoms with Crippen molar-refractivity contribution in [3.05, 3.63) is 33.3 Å². The van der Waals surface area contributed by atoms with Crippen LogP contribution in [-0.4, -0.2) is 48.7 Å². The maximum absolute atomic E-state index is 11.0. The zero-order valence-corrected chi connectivity index (χ0v) is 12.1. The number of anilines is 1. The summed E-state index contributed by atoms with van der Waals surface area (Å²) in [5.74, 6) is 0. The van der Waals surface area contributed by atoms with Gasteiger partial charge in [-0.25, -0.2) is 0 Å². The lowest BCUT2D eigenvalue weighted by Crippen LogP contribution is -2.45. The molecule has 7 heteroatoms. The molecule has 1 saturated heterocycles. The highest BCUT2D eigenvalue weighted by Crippen LogP contribution is 2.31. The van der Waals surface area contributed by atoms with Crippen molar-refractivity contribution in [3.63, 3.8) is 0 Å². The SMILES string of the molecule is CCN1CCOC(CNc2c(Cl)cccc2[N+](=O)[O-])C1. The van der Waals surface area contributed by atoms with Crippen molar-refractivity contribution in [1.82, 2.24) is 4.90 Å². The van der Waals surface area contributed by atoms with Crippen molar-refractivity contribution < 1.29 is 9.66 Å². The minimum absolute atomic E-state index is 0.0133. The summed E-state index contributed by atoms with van der Waals surface area (Å²) < 4.78 is 5.65. The Bertz CT molecular complexity index is 484. The van der Waals surface area contributed by atoms with Crippen molar-refractivity contribution in [2.24, 2.45) is 0 Å². The summed E-state index contributed by atoms with van der Waals surface area (Å²) in [4.78, 5) is 12.8. The van der Waals surface area contributed by atoms with Crippen LogP contribution in [0.5, 0.6) is 0 Å². The second kappa shape index (κ2) is 6.88. The Morgan fingerprint density at radius 3 is 3.10 bits per heavy atom. The summed E-state index contributed by atoms with van der Waals surface area (Å²) in [6.07, 6.45) is 0.0135. The number of likely N-dealkylation sites (N-methyl/N-ethyl adjacent to an activating group) is 1. The Balaban J connectivity index is 2.02. The lowest BCUT2D eigenvalue weighted by atomic mass is 10.2. The molecule has 0 aliphatic carbocycles. The summed E-state index contributed by atoms with van der Waals surface area (Å²) in [5, 5.41) is 14.4. The van der Waals surface area contributed by atoms with Crippen LogP contribution < -0.4 is 5.32 Å².